The SMILES string of the molecule is CCn1c(SCC(=O)Nc2cccc(C)c2)nnc1-c1ccco1. The summed E-state index contributed by atoms with van der Waals surface area (Å²) < 4.78 is 7.31. The normalized spacial score (nSPS) is 10.8. The number of thioether (sulfide) groups is 1. The molecule has 2 aromatic heterocycles. The van der Waals surface area contributed by atoms with Crippen molar-refractivity contribution in [3.05, 3.63) is 48.2 Å². The molecule has 24 heavy (non-hydrogen) atoms. The van der Waals surface area contributed by atoms with E-state index in [1.54, 1.807) is 6.26 Å². The van der Waals surface area contributed by atoms with Gasteiger partial charge < -0.3 is 9.73 Å². The standard InChI is InChI=1S/C17H18N4O2S/c1-3-21-16(14-8-5-9-23-14)19-20-17(21)24-11-15(22)18-13-7-4-6-12(2)10-13/h4-10H,3,11H2,1-2H3,(H,18,22). The lowest BCUT2D eigenvalue weighted by atomic mass is 10.2. The number of hydrogen-bond donors (Lipinski definition) is 1. The van der Waals surface area contributed by atoms with Gasteiger partial charge in [-0.2, -0.15) is 0 Å². The molecule has 0 aliphatic carbocycles. The second kappa shape index (κ2) is 7.35. The molecule has 0 spiro atoms. The molecule has 0 saturated heterocycles. The zero-order valence-corrected chi connectivity index (χ0v) is 14.3. The van der Waals surface area contributed by atoms with E-state index in [4.69, 9.17) is 4.42 Å². The topological polar surface area (TPSA) is 73.0 Å². The van der Waals surface area contributed by atoms with E-state index in [1.165, 1.54) is 11.8 Å². The summed E-state index contributed by atoms with van der Waals surface area (Å²) in [7, 11) is 0. The van der Waals surface area contributed by atoms with Crippen molar-refractivity contribution in [1.29, 1.82) is 0 Å². The number of aryl methyl sites for hydroxylation is 1. The van der Waals surface area contributed by atoms with E-state index in [0.717, 1.165) is 11.3 Å². The largest absolute Gasteiger partial charge is 0.461 e. The molecular weight excluding hydrogens is 324 g/mol. The highest BCUT2D eigenvalue weighted by Gasteiger charge is 2.16. The first-order chi connectivity index (χ1) is 11.7. The van der Waals surface area contributed by atoms with Crippen LogP contribution in [-0.2, 0) is 11.3 Å². The van der Waals surface area contributed by atoms with Crippen LogP contribution in [0.25, 0.3) is 11.6 Å². The van der Waals surface area contributed by atoms with E-state index in [1.807, 2.05) is 54.8 Å². The van der Waals surface area contributed by atoms with Gasteiger partial charge in [0.1, 0.15) is 0 Å². The summed E-state index contributed by atoms with van der Waals surface area (Å²) >= 11 is 1.36. The maximum atomic E-state index is 12.1. The number of furan rings is 1. The van der Waals surface area contributed by atoms with Crippen molar-refractivity contribution in [2.75, 3.05) is 11.1 Å². The van der Waals surface area contributed by atoms with Gasteiger partial charge >= 0.3 is 0 Å². The van der Waals surface area contributed by atoms with Gasteiger partial charge in [-0.25, -0.2) is 0 Å². The van der Waals surface area contributed by atoms with Gasteiger partial charge in [-0.3, -0.25) is 9.36 Å². The Bertz CT molecular complexity index is 827. The molecule has 2 heterocycles. The molecule has 1 amide bonds. The van der Waals surface area contributed by atoms with Crippen LogP contribution in [0, 0.1) is 6.92 Å². The van der Waals surface area contributed by atoms with Crippen molar-refractivity contribution in [1.82, 2.24) is 14.8 Å². The summed E-state index contributed by atoms with van der Waals surface area (Å²) in [6, 6.07) is 11.4. The Morgan fingerprint density at radius 2 is 2.17 bits per heavy atom. The molecule has 7 heteroatoms. The van der Waals surface area contributed by atoms with Crippen molar-refractivity contribution in [3.8, 4) is 11.6 Å². The Balaban J connectivity index is 1.65. The molecule has 0 atom stereocenters. The predicted molar refractivity (Wildman–Crippen MR) is 93.9 cm³/mol. The number of anilines is 1. The predicted octanol–water partition coefficient (Wildman–Crippen LogP) is 3.60. The van der Waals surface area contributed by atoms with Crippen molar-refractivity contribution >= 4 is 23.4 Å². The minimum absolute atomic E-state index is 0.0733. The Morgan fingerprint density at radius 1 is 1.29 bits per heavy atom. The molecule has 1 aromatic carbocycles. The average molecular weight is 342 g/mol. The van der Waals surface area contributed by atoms with Crippen LogP contribution in [0.3, 0.4) is 0 Å². The van der Waals surface area contributed by atoms with Crippen LogP contribution in [0.4, 0.5) is 5.69 Å². The van der Waals surface area contributed by atoms with Gasteiger partial charge in [-0.1, -0.05) is 23.9 Å². The lowest BCUT2D eigenvalue weighted by Gasteiger charge is -2.07. The number of carbonyl (C=O) groups excluding carboxylic acids is 1. The highest BCUT2D eigenvalue weighted by Crippen LogP contribution is 2.24. The fourth-order valence-corrected chi connectivity index (χ4v) is 3.12. The van der Waals surface area contributed by atoms with Gasteiger partial charge in [0.25, 0.3) is 0 Å². The molecule has 124 valence electrons. The third kappa shape index (κ3) is 3.68. The van der Waals surface area contributed by atoms with E-state index >= 15 is 0 Å². The third-order valence-electron chi connectivity index (χ3n) is 3.41. The maximum Gasteiger partial charge on any atom is 0.234 e. The first-order valence-electron chi connectivity index (χ1n) is 7.63. The van der Waals surface area contributed by atoms with E-state index in [-0.39, 0.29) is 11.7 Å². The fourth-order valence-electron chi connectivity index (χ4n) is 2.32. The van der Waals surface area contributed by atoms with E-state index in [9.17, 15) is 4.79 Å². The summed E-state index contributed by atoms with van der Waals surface area (Å²) in [5, 5.41) is 11.9. The molecule has 0 fully saturated rings. The first-order valence-corrected chi connectivity index (χ1v) is 8.62. The number of nitrogens with zero attached hydrogens (tertiary/aromatic N) is 3. The Hall–Kier alpha value is -2.54. The minimum atomic E-state index is -0.0733. The fraction of sp³-hybridized carbons (Fsp3) is 0.235. The van der Waals surface area contributed by atoms with E-state index in [0.29, 0.717) is 23.3 Å². The van der Waals surface area contributed by atoms with Crippen LogP contribution >= 0.6 is 11.8 Å². The van der Waals surface area contributed by atoms with E-state index in [2.05, 4.69) is 15.5 Å². The zero-order valence-electron chi connectivity index (χ0n) is 13.5. The van der Waals surface area contributed by atoms with Gasteiger partial charge in [0.15, 0.2) is 16.7 Å². The van der Waals surface area contributed by atoms with E-state index < -0.39 is 0 Å². The quantitative estimate of drug-likeness (QED) is 0.693. The van der Waals surface area contributed by atoms with Crippen LogP contribution in [0.2, 0.25) is 0 Å². The van der Waals surface area contributed by atoms with Gasteiger partial charge in [0.2, 0.25) is 5.91 Å². The number of benzene rings is 1. The first kappa shape index (κ1) is 16.3. The zero-order chi connectivity index (χ0) is 16.9. The number of nitrogens with one attached hydrogen (secondary N) is 1. The van der Waals surface area contributed by atoms with Crippen molar-refractivity contribution in [2.24, 2.45) is 0 Å². The summed E-state index contributed by atoms with van der Waals surface area (Å²) in [6.07, 6.45) is 1.60. The average Bonchev–Trinajstić information content (AvgIpc) is 3.21. The van der Waals surface area contributed by atoms with Crippen LogP contribution in [0.5, 0.6) is 0 Å². The highest BCUT2D eigenvalue weighted by atomic mass is 32.2. The smallest absolute Gasteiger partial charge is 0.234 e. The number of carbonyl (C=O) groups is 1. The van der Waals surface area contributed by atoms with Gasteiger partial charge in [-0.05, 0) is 43.7 Å². The second-order valence-corrected chi connectivity index (χ2v) is 6.18. The second-order valence-electron chi connectivity index (χ2n) is 5.23. The van der Waals surface area contributed by atoms with Gasteiger partial charge in [0.05, 0.1) is 12.0 Å². The van der Waals surface area contributed by atoms with Gasteiger partial charge in [-0.15, -0.1) is 10.2 Å². The lowest BCUT2D eigenvalue weighted by molar-refractivity contribution is -0.113. The Kier molecular flexibility index (Phi) is 5.00. The van der Waals surface area contributed by atoms with Crippen LogP contribution in [-0.4, -0.2) is 26.4 Å². The summed E-state index contributed by atoms with van der Waals surface area (Å²) in [6.45, 7) is 4.70. The summed E-state index contributed by atoms with van der Waals surface area (Å²) in [5.41, 5.74) is 1.91. The number of hydrogen-bond acceptors (Lipinski definition) is 5. The van der Waals surface area contributed by atoms with Gasteiger partial charge in [0, 0.05) is 12.2 Å². The highest BCUT2D eigenvalue weighted by molar-refractivity contribution is 7.99. The number of amides is 1. The summed E-state index contributed by atoms with van der Waals surface area (Å²) in [4.78, 5) is 12.1. The molecule has 0 aliphatic rings. The Morgan fingerprint density at radius 3 is 2.88 bits per heavy atom. The molecule has 3 aromatic rings. The van der Waals surface area contributed by atoms with Crippen molar-refractivity contribution in [3.63, 3.8) is 0 Å². The Labute approximate surface area is 144 Å². The number of rotatable bonds is 6. The minimum Gasteiger partial charge on any atom is -0.461 e. The molecule has 0 radical (unpaired) electrons. The molecular formula is C17H18N4O2S. The molecule has 0 saturated carbocycles. The summed E-state index contributed by atoms with van der Waals surface area (Å²) in [5.74, 6) is 1.53. The molecule has 0 unspecified atom stereocenters. The van der Waals surface area contributed by atoms with Crippen LogP contribution in [0.1, 0.15) is 12.5 Å². The number of aromatic nitrogens is 3. The molecule has 3 rings (SSSR count). The third-order valence-corrected chi connectivity index (χ3v) is 4.38. The lowest BCUT2D eigenvalue weighted by Crippen LogP contribution is -2.14. The van der Waals surface area contributed by atoms with Crippen molar-refractivity contribution in [2.45, 2.75) is 25.5 Å². The van der Waals surface area contributed by atoms with Crippen LogP contribution in [0.15, 0.2) is 52.2 Å². The molecule has 0 aliphatic heterocycles. The molecule has 1 N–H and O–H groups in total. The molecule has 6 nitrogen and oxygen atoms in total. The molecule has 0 bridgehead atoms. The van der Waals surface area contributed by atoms with Crippen LogP contribution < -0.4 is 5.32 Å². The van der Waals surface area contributed by atoms with Crippen molar-refractivity contribution < 1.29 is 9.21 Å². The maximum absolute atomic E-state index is 12.1. The monoisotopic (exact) mass is 342 g/mol.